The highest BCUT2D eigenvalue weighted by Crippen LogP contribution is 2.38. The van der Waals surface area contributed by atoms with E-state index in [0.29, 0.717) is 29.7 Å². The molecule has 4 rings (SSSR count). The first-order valence-corrected chi connectivity index (χ1v) is 16.8. The number of hydrogen-bond donors (Lipinski definition) is 0. The molecule has 0 aliphatic carbocycles. The number of carbonyl (C=O) groups excluding carboxylic acids is 2. The lowest BCUT2D eigenvalue weighted by molar-refractivity contribution is -0.156. The molecule has 8 heteroatoms. The van der Waals surface area contributed by atoms with E-state index in [9.17, 15) is 22.8 Å². The average Bonchev–Trinajstić information content (AvgIpc) is 3.04. The minimum absolute atomic E-state index is 0.0793. The van der Waals surface area contributed by atoms with E-state index in [1.807, 2.05) is 50.8 Å². The zero-order valence-electron chi connectivity index (χ0n) is 28.4. The van der Waals surface area contributed by atoms with E-state index in [4.69, 9.17) is 4.74 Å². The van der Waals surface area contributed by atoms with Crippen molar-refractivity contribution in [2.75, 3.05) is 26.2 Å². The second-order valence-corrected chi connectivity index (χ2v) is 13.7. The van der Waals surface area contributed by atoms with Gasteiger partial charge in [-0.25, -0.2) is 0 Å². The van der Waals surface area contributed by atoms with Crippen LogP contribution in [0.1, 0.15) is 94.6 Å². The predicted molar refractivity (Wildman–Crippen MR) is 181 cm³/mol. The third-order valence-electron chi connectivity index (χ3n) is 9.38. The van der Waals surface area contributed by atoms with Crippen LogP contribution in [0.25, 0.3) is 11.1 Å². The number of amides is 1. The number of rotatable bonds is 12. The number of esters is 1. The van der Waals surface area contributed by atoms with Gasteiger partial charge in [0, 0.05) is 36.7 Å². The Morgan fingerprint density at radius 1 is 0.851 bits per heavy atom. The van der Waals surface area contributed by atoms with Gasteiger partial charge in [-0.1, -0.05) is 67.6 Å². The molecular weight excluding hydrogens is 601 g/mol. The van der Waals surface area contributed by atoms with Gasteiger partial charge in [0.05, 0.1) is 12.0 Å². The second-order valence-electron chi connectivity index (χ2n) is 13.7. The van der Waals surface area contributed by atoms with Crippen LogP contribution in [0.3, 0.4) is 0 Å². The zero-order valence-corrected chi connectivity index (χ0v) is 28.4. The monoisotopic (exact) mass is 650 g/mol. The van der Waals surface area contributed by atoms with Crippen LogP contribution >= 0.6 is 0 Å². The first-order chi connectivity index (χ1) is 22.3. The molecule has 0 radical (unpaired) electrons. The number of carbonyl (C=O) groups is 2. The van der Waals surface area contributed by atoms with Gasteiger partial charge in [-0.05, 0) is 101 Å². The summed E-state index contributed by atoms with van der Waals surface area (Å²) in [5.41, 5.74) is 1.34. The number of nitrogens with zero attached hydrogens (tertiary/aromatic N) is 2. The number of halogens is 3. The van der Waals surface area contributed by atoms with E-state index >= 15 is 0 Å². The largest absolute Gasteiger partial charge is 0.460 e. The standard InChI is InChI=1S/C39H49F3N2O3/c1-6-38(30-14-9-8-10-15-30,28-35(45)47-37(3,4)5)24-13-25-43-26-22-32(23-27-43)44(7-2)36(46)34-17-12-11-16-33(34)29-18-20-31(21-19-29)39(40,41)42/h8-12,14-21,32H,6-7,13,22-28H2,1-5H3. The van der Waals surface area contributed by atoms with Crippen molar-refractivity contribution >= 4 is 11.9 Å². The molecule has 3 aromatic rings. The molecule has 0 saturated carbocycles. The molecule has 1 saturated heterocycles. The smallest absolute Gasteiger partial charge is 0.416 e. The summed E-state index contributed by atoms with van der Waals surface area (Å²) in [7, 11) is 0. The van der Waals surface area contributed by atoms with E-state index < -0.39 is 17.3 Å². The average molecular weight is 651 g/mol. The molecule has 1 aliphatic heterocycles. The lowest BCUT2D eigenvalue weighted by atomic mass is 9.72. The van der Waals surface area contributed by atoms with E-state index in [2.05, 4.69) is 24.0 Å². The van der Waals surface area contributed by atoms with Gasteiger partial charge in [0.15, 0.2) is 0 Å². The molecule has 1 atom stereocenters. The van der Waals surface area contributed by atoms with Crippen molar-refractivity contribution in [3.8, 4) is 11.1 Å². The Labute approximate surface area is 278 Å². The maximum Gasteiger partial charge on any atom is 0.416 e. The Kier molecular flexibility index (Phi) is 11.9. The van der Waals surface area contributed by atoms with E-state index in [1.54, 1.807) is 24.3 Å². The van der Waals surface area contributed by atoms with Gasteiger partial charge in [0.2, 0.25) is 0 Å². The normalized spacial score (nSPS) is 16.0. The quantitative estimate of drug-likeness (QED) is 0.184. The van der Waals surface area contributed by atoms with Crippen LogP contribution in [-0.4, -0.2) is 59.5 Å². The molecule has 5 nitrogen and oxygen atoms in total. The van der Waals surface area contributed by atoms with Crippen molar-refractivity contribution in [1.82, 2.24) is 9.80 Å². The summed E-state index contributed by atoms with van der Waals surface area (Å²) in [6.45, 7) is 13.0. The van der Waals surface area contributed by atoms with Gasteiger partial charge in [0.1, 0.15) is 5.60 Å². The summed E-state index contributed by atoms with van der Waals surface area (Å²) in [6.07, 6.45) is 0.256. The second kappa shape index (κ2) is 15.5. The summed E-state index contributed by atoms with van der Waals surface area (Å²) in [4.78, 5) is 31.3. The van der Waals surface area contributed by atoms with Crippen molar-refractivity contribution in [3.05, 3.63) is 95.6 Å². The SMILES string of the molecule is CCN(C(=O)c1ccccc1-c1ccc(C(F)(F)F)cc1)C1CCN(CCCC(CC)(CC(=O)OC(C)(C)C)c2ccccc2)CC1. The molecule has 0 bridgehead atoms. The third kappa shape index (κ3) is 9.47. The van der Waals surface area contributed by atoms with E-state index in [-0.39, 0.29) is 23.3 Å². The zero-order chi connectivity index (χ0) is 34.2. The molecule has 1 heterocycles. The van der Waals surface area contributed by atoms with Crippen LogP contribution in [0.5, 0.6) is 0 Å². The third-order valence-corrected chi connectivity index (χ3v) is 9.38. The number of alkyl halides is 3. The lowest BCUT2D eigenvalue weighted by Crippen LogP contribution is -2.47. The molecule has 1 amide bonds. The summed E-state index contributed by atoms with van der Waals surface area (Å²) >= 11 is 0. The maximum absolute atomic E-state index is 13.9. The molecule has 3 aromatic carbocycles. The lowest BCUT2D eigenvalue weighted by Gasteiger charge is -2.39. The highest BCUT2D eigenvalue weighted by molar-refractivity contribution is 6.01. The topological polar surface area (TPSA) is 49.9 Å². The summed E-state index contributed by atoms with van der Waals surface area (Å²) in [5.74, 6) is -0.271. The molecule has 0 spiro atoms. The molecule has 1 unspecified atom stereocenters. The van der Waals surface area contributed by atoms with E-state index in [0.717, 1.165) is 63.9 Å². The molecule has 0 aromatic heterocycles. The van der Waals surface area contributed by atoms with Crippen LogP contribution in [-0.2, 0) is 21.1 Å². The van der Waals surface area contributed by atoms with Crippen molar-refractivity contribution < 1.29 is 27.5 Å². The Bertz CT molecular complexity index is 1460. The summed E-state index contributed by atoms with van der Waals surface area (Å²) in [5, 5.41) is 0. The summed E-state index contributed by atoms with van der Waals surface area (Å²) < 4.78 is 45.1. The fourth-order valence-electron chi connectivity index (χ4n) is 6.86. The Balaban J connectivity index is 1.38. The molecule has 0 N–H and O–H groups in total. The van der Waals surface area contributed by atoms with Gasteiger partial charge in [-0.15, -0.1) is 0 Å². The van der Waals surface area contributed by atoms with Gasteiger partial charge in [0.25, 0.3) is 5.91 Å². The highest BCUT2D eigenvalue weighted by Gasteiger charge is 2.35. The Morgan fingerprint density at radius 2 is 1.47 bits per heavy atom. The molecule has 1 fully saturated rings. The molecule has 47 heavy (non-hydrogen) atoms. The number of hydrogen-bond acceptors (Lipinski definition) is 4. The first-order valence-electron chi connectivity index (χ1n) is 16.8. The fourth-order valence-corrected chi connectivity index (χ4v) is 6.86. The van der Waals surface area contributed by atoms with Crippen LogP contribution in [0.15, 0.2) is 78.9 Å². The van der Waals surface area contributed by atoms with Crippen LogP contribution in [0, 0.1) is 0 Å². The van der Waals surface area contributed by atoms with Crippen LogP contribution < -0.4 is 0 Å². The number of ether oxygens (including phenoxy) is 1. The van der Waals surface area contributed by atoms with Gasteiger partial charge in [-0.2, -0.15) is 13.2 Å². The summed E-state index contributed by atoms with van der Waals surface area (Å²) in [6, 6.07) is 22.5. The Hall–Kier alpha value is -3.65. The van der Waals surface area contributed by atoms with Crippen LogP contribution in [0.2, 0.25) is 0 Å². The van der Waals surface area contributed by atoms with Crippen molar-refractivity contribution in [2.24, 2.45) is 0 Å². The van der Waals surface area contributed by atoms with Gasteiger partial charge < -0.3 is 14.5 Å². The van der Waals surface area contributed by atoms with Crippen molar-refractivity contribution in [1.29, 1.82) is 0 Å². The minimum Gasteiger partial charge on any atom is -0.460 e. The minimum atomic E-state index is -4.41. The first kappa shape index (κ1) is 36.2. The highest BCUT2D eigenvalue weighted by atomic mass is 19.4. The fraction of sp³-hybridized carbons (Fsp3) is 0.487. The van der Waals surface area contributed by atoms with E-state index in [1.165, 1.54) is 17.7 Å². The Morgan fingerprint density at radius 3 is 2.04 bits per heavy atom. The van der Waals surface area contributed by atoms with Crippen LogP contribution in [0.4, 0.5) is 13.2 Å². The number of likely N-dealkylation sites (tertiary alicyclic amines) is 1. The predicted octanol–water partition coefficient (Wildman–Crippen LogP) is 9.16. The molecular formula is C39H49F3N2O3. The van der Waals surface area contributed by atoms with Gasteiger partial charge in [-0.3, -0.25) is 9.59 Å². The maximum atomic E-state index is 13.9. The number of piperidine rings is 1. The van der Waals surface area contributed by atoms with Gasteiger partial charge >= 0.3 is 12.1 Å². The number of benzene rings is 3. The molecule has 254 valence electrons. The van der Waals surface area contributed by atoms with Crippen molar-refractivity contribution in [2.45, 2.75) is 96.4 Å². The molecule has 1 aliphatic rings. The van der Waals surface area contributed by atoms with Crippen molar-refractivity contribution in [3.63, 3.8) is 0 Å².